The first-order chi connectivity index (χ1) is 10.3. The van der Waals surface area contributed by atoms with Gasteiger partial charge >= 0.3 is 0 Å². The Bertz CT molecular complexity index is 474. The number of alkyl halides is 1. The van der Waals surface area contributed by atoms with Crippen molar-refractivity contribution >= 4 is 24.0 Å². The molecular weight excluding hydrogens is 354 g/mol. The van der Waals surface area contributed by atoms with Gasteiger partial charge in [-0.1, -0.05) is 79.8 Å². The van der Waals surface area contributed by atoms with E-state index in [4.69, 9.17) is 0 Å². The summed E-state index contributed by atoms with van der Waals surface area (Å²) in [5.41, 5.74) is 1.23. The normalized spacial score (nSPS) is 25.8. The smallest absolute Gasteiger partial charge is 0.0628 e. The lowest BCUT2D eigenvalue weighted by Gasteiger charge is -2.57. The van der Waals surface area contributed by atoms with Gasteiger partial charge in [-0.15, -0.1) is 0 Å². The van der Waals surface area contributed by atoms with E-state index in [1.165, 1.54) is 12.0 Å². The van der Waals surface area contributed by atoms with Crippen LogP contribution in [0.3, 0.4) is 0 Å². The first-order valence-electron chi connectivity index (χ1n) is 8.34. The molecule has 0 radical (unpaired) electrons. The Morgan fingerprint density at radius 3 is 2.23 bits per heavy atom. The molecule has 1 saturated heterocycles. The van der Waals surface area contributed by atoms with Crippen LogP contribution in [0.1, 0.15) is 31.9 Å². The maximum atomic E-state index is 10.1. The predicted molar refractivity (Wildman–Crippen MR) is 101 cm³/mol. The molecule has 0 amide bonds. The molecule has 1 aromatic carbocycles. The van der Waals surface area contributed by atoms with E-state index < -0.39 is 8.07 Å². The fraction of sp³-hybridized carbons (Fsp3) is 0.667. The van der Waals surface area contributed by atoms with Crippen LogP contribution in [0.5, 0.6) is 0 Å². The van der Waals surface area contributed by atoms with Crippen molar-refractivity contribution < 1.29 is 5.11 Å². The van der Waals surface area contributed by atoms with Gasteiger partial charge < -0.3 is 5.11 Å². The molecule has 0 saturated carbocycles. The predicted octanol–water partition coefficient (Wildman–Crippen LogP) is 4.46. The fourth-order valence-corrected chi connectivity index (χ4v) is 5.52. The van der Waals surface area contributed by atoms with E-state index in [2.05, 4.69) is 78.6 Å². The zero-order valence-electron chi connectivity index (χ0n) is 14.5. The maximum Gasteiger partial charge on any atom is 0.0628 e. The van der Waals surface area contributed by atoms with Crippen LogP contribution < -0.4 is 0 Å². The largest absolute Gasteiger partial charge is 0.394 e. The van der Waals surface area contributed by atoms with Gasteiger partial charge in [-0.2, -0.15) is 0 Å². The van der Waals surface area contributed by atoms with E-state index in [1.807, 2.05) is 6.07 Å². The highest BCUT2D eigenvalue weighted by Gasteiger charge is 2.49. The summed E-state index contributed by atoms with van der Waals surface area (Å²) in [6.45, 7) is 12.0. The van der Waals surface area contributed by atoms with Gasteiger partial charge in [0.05, 0.1) is 20.7 Å². The van der Waals surface area contributed by atoms with Gasteiger partial charge in [0, 0.05) is 16.5 Å². The van der Waals surface area contributed by atoms with Crippen molar-refractivity contribution in [3.8, 4) is 0 Å². The second kappa shape index (κ2) is 7.16. The van der Waals surface area contributed by atoms with Crippen LogP contribution in [-0.2, 0) is 0 Å². The third kappa shape index (κ3) is 3.66. The molecule has 4 heteroatoms. The lowest BCUT2D eigenvalue weighted by molar-refractivity contribution is -0.0590. The van der Waals surface area contributed by atoms with Crippen LogP contribution in [0.25, 0.3) is 0 Å². The van der Waals surface area contributed by atoms with Crippen LogP contribution >= 0.6 is 15.9 Å². The maximum absolute atomic E-state index is 10.1. The zero-order chi connectivity index (χ0) is 16.5. The minimum Gasteiger partial charge on any atom is -0.394 e. The van der Waals surface area contributed by atoms with E-state index in [1.54, 1.807) is 0 Å². The number of halogens is 1. The molecule has 124 valence electrons. The standard InChI is InChI=1S/C18H30BrNOSi/c1-13(2)15-11-16(18(19)22(3,4)5)20(15)17(12-21)14-9-7-6-8-10-14/h6-10,13,15-18,21H,11-12H2,1-5H3/t15-,16+,17+,18-/m1/s1. The van der Waals surface area contributed by atoms with Crippen molar-refractivity contribution in [3.05, 3.63) is 35.9 Å². The molecule has 1 fully saturated rings. The summed E-state index contributed by atoms with van der Waals surface area (Å²) in [5.74, 6) is 0.621. The molecule has 1 aromatic rings. The van der Waals surface area contributed by atoms with Crippen molar-refractivity contribution in [1.82, 2.24) is 4.90 Å². The van der Waals surface area contributed by atoms with E-state index >= 15 is 0 Å². The molecule has 0 spiro atoms. The summed E-state index contributed by atoms with van der Waals surface area (Å²) in [4.78, 5) is 2.58. The Morgan fingerprint density at radius 2 is 1.77 bits per heavy atom. The van der Waals surface area contributed by atoms with Crippen molar-refractivity contribution in [1.29, 1.82) is 0 Å². The number of rotatable bonds is 6. The number of hydrogen-bond acceptors (Lipinski definition) is 2. The summed E-state index contributed by atoms with van der Waals surface area (Å²) in [5, 5.41) is 10.1. The third-order valence-corrected chi connectivity index (χ3v) is 11.7. The van der Waals surface area contributed by atoms with Gasteiger partial charge in [0.25, 0.3) is 0 Å². The molecule has 0 aromatic heterocycles. The van der Waals surface area contributed by atoms with Crippen LogP contribution in [0.2, 0.25) is 19.6 Å². The van der Waals surface area contributed by atoms with Gasteiger partial charge in [-0.25, -0.2) is 0 Å². The van der Waals surface area contributed by atoms with Gasteiger partial charge in [0.15, 0.2) is 0 Å². The second-order valence-electron chi connectivity index (χ2n) is 7.94. The average Bonchev–Trinajstić information content (AvgIpc) is 2.42. The summed E-state index contributed by atoms with van der Waals surface area (Å²) >= 11 is 4.00. The van der Waals surface area contributed by atoms with Gasteiger partial charge in [0.2, 0.25) is 0 Å². The number of benzene rings is 1. The highest BCUT2D eigenvalue weighted by atomic mass is 79.9. The zero-order valence-corrected chi connectivity index (χ0v) is 17.0. The molecule has 22 heavy (non-hydrogen) atoms. The SMILES string of the molecule is CC(C)[C@H]1C[C@@H]([C@H](Br)[Si](C)(C)C)N1[C@@H](CO)c1ccccc1. The summed E-state index contributed by atoms with van der Waals surface area (Å²) < 4.78 is 0.563. The lowest BCUT2D eigenvalue weighted by Crippen LogP contribution is -2.66. The van der Waals surface area contributed by atoms with Crippen molar-refractivity contribution in [2.75, 3.05) is 6.61 Å². The molecule has 1 aliphatic rings. The van der Waals surface area contributed by atoms with E-state index in [9.17, 15) is 5.11 Å². The van der Waals surface area contributed by atoms with E-state index in [0.29, 0.717) is 22.5 Å². The second-order valence-corrected chi connectivity index (χ2v) is 15.1. The van der Waals surface area contributed by atoms with E-state index in [-0.39, 0.29) is 12.6 Å². The minimum absolute atomic E-state index is 0.115. The van der Waals surface area contributed by atoms with Crippen molar-refractivity contribution in [2.24, 2.45) is 5.92 Å². The van der Waals surface area contributed by atoms with Crippen LogP contribution in [-0.4, -0.2) is 41.2 Å². The highest BCUT2D eigenvalue weighted by molar-refractivity contribution is 9.10. The Labute approximate surface area is 145 Å². The molecule has 4 atom stereocenters. The molecule has 0 unspecified atom stereocenters. The molecule has 0 aliphatic carbocycles. The van der Waals surface area contributed by atoms with Crippen LogP contribution in [0.15, 0.2) is 30.3 Å². The molecule has 0 bridgehead atoms. The van der Waals surface area contributed by atoms with Crippen molar-refractivity contribution in [3.63, 3.8) is 0 Å². The molecule has 1 N–H and O–H groups in total. The van der Waals surface area contributed by atoms with Crippen molar-refractivity contribution in [2.45, 2.75) is 62.5 Å². The molecule has 2 rings (SSSR count). The molecule has 2 nitrogen and oxygen atoms in total. The first-order valence-corrected chi connectivity index (χ1v) is 12.8. The van der Waals surface area contributed by atoms with E-state index in [0.717, 1.165) is 0 Å². The Balaban J connectivity index is 2.28. The monoisotopic (exact) mass is 383 g/mol. The summed E-state index contributed by atoms with van der Waals surface area (Å²) in [6, 6.07) is 11.7. The Hall–Kier alpha value is -0.163. The topological polar surface area (TPSA) is 23.5 Å². The van der Waals surface area contributed by atoms with Crippen LogP contribution in [0.4, 0.5) is 0 Å². The Morgan fingerprint density at radius 1 is 1.18 bits per heavy atom. The van der Waals surface area contributed by atoms with Gasteiger partial charge in [0.1, 0.15) is 0 Å². The Kier molecular flexibility index (Phi) is 5.92. The van der Waals surface area contributed by atoms with Gasteiger partial charge in [-0.05, 0) is 17.9 Å². The summed E-state index contributed by atoms with van der Waals surface area (Å²) in [6.07, 6.45) is 1.24. The molecule has 1 heterocycles. The molecular formula is C18H30BrNOSi. The minimum atomic E-state index is -1.27. The summed E-state index contributed by atoms with van der Waals surface area (Å²) in [7, 11) is -1.27. The first kappa shape index (κ1) is 18.2. The number of likely N-dealkylation sites (tertiary alicyclic amines) is 1. The average molecular weight is 384 g/mol. The highest BCUT2D eigenvalue weighted by Crippen LogP contribution is 2.43. The number of aliphatic hydroxyl groups excluding tert-OH is 1. The number of aliphatic hydroxyl groups is 1. The van der Waals surface area contributed by atoms with Crippen LogP contribution in [0, 0.1) is 5.92 Å². The quantitative estimate of drug-likeness (QED) is 0.578. The number of nitrogens with zero attached hydrogens (tertiary/aromatic N) is 1. The molecule has 1 aliphatic heterocycles. The number of hydrogen-bond donors (Lipinski definition) is 1. The van der Waals surface area contributed by atoms with Gasteiger partial charge in [-0.3, -0.25) is 4.90 Å². The lowest BCUT2D eigenvalue weighted by atomic mass is 9.82. The third-order valence-electron chi connectivity index (χ3n) is 4.90. The fourth-order valence-electron chi connectivity index (χ4n) is 3.57.